The first kappa shape index (κ1) is 11.2. The molecule has 5 rings (SSSR count). The van der Waals surface area contributed by atoms with Gasteiger partial charge >= 0.3 is 0 Å². The number of halogens is 1. The van der Waals surface area contributed by atoms with Gasteiger partial charge in [0, 0.05) is 10.9 Å². The number of carbonyl (C=O) groups is 1. The molecule has 0 N–H and O–H groups in total. The van der Waals surface area contributed by atoms with Gasteiger partial charge in [-0.05, 0) is 47.2 Å². The molecule has 2 aromatic rings. The van der Waals surface area contributed by atoms with E-state index in [2.05, 4.69) is 24.3 Å². The van der Waals surface area contributed by atoms with Gasteiger partial charge in [-0.15, -0.1) is 0 Å². The van der Waals surface area contributed by atoms with Crippen molar-refractivity contribution in [2.24, 2.45) is 0 Å². The minimum absolute atomic E-state index is 0.422. The van der Waals surface area contributed by atoms with E-state index in [1.54, 1.807) is 0 Å². The molecule has 3 aliphatic carbocycles. The molecule has 0 heterocycles. The molecule has 2 heteroatoms. The summed E-state index contributed by atoms with van der Waals surface area (Å²) in [6.45, 7) is 0. The van der Waals surface area contributed by atoms with Crippen LogP contribution in [0.15, 0.2) is 42.5 Å². The smallest absolute Gasteiger partial charge is 0.134 e. The van der Waals surface area contributed by atoms with E-state index in [4.69, 9.17) is 11.6 Å². The van der Waals surface area contributed by atoms with E-state index in [9.17, 15) is 4.79 Å². The van der Waals surface area contributed by atoms with Gasteiger partial charge in [0.2, 0.25) is 0 Å². The lowest BCUT2D eigenvalue weighted by atomic mass is 9.56. The number of carbonyl (C=O) groups excluding carboxylic acids is 1. The number of fused-ring (bicyclic) bond motifs is 1. The number of hydrogen-bond donors (Lipinski definition) is 0. The van der Waals surface area contributed by atoms with E-state index in [0.717, 1.165) is 24.7 Å². The highest BCUT2D eigenvalue weighted by Gasteiger charge is 2.48. The van der Waals surface area contributed by atoms with Crippen molar-refractivity contribution >= 4 is 17.9 Å². The molecule has 0 aliphatic heterocycles. The van der Waals surface area contributed by atoms with E-state index in [0.29, 0.717) is 10.9 Å². The number of aldehydes is 1. The normalized spacial score (nSPS) is 26.7. The Morgan fingerprint density at radius 3 is 2.74 bits per heavy atom. The summed E-state index contributed by atoms with van der Waals surface area (Å²) in [4.78, 5) is 11.9. The summed E-state index contributed by atoms with van der Waals surface area (Å²) in [6, 6.07) is 14.3. The van der Waals surface area contributed by atoms with Crippen molar-refractivity contribution in [1.29, 1.82) is 0 Å². The van der Waals surface area contributed by atoms with Crippen LogP contribution >= 0.6 is 11.6 Å². The summed E-state index contributed by atoms with van der Waals surface area (Å²) in [6.07, 6.45) is 3.06. The third-order valence-corrected chi connectivity index (χ3v) is 4.95. The summed E-state index contributed by atoms with van der Waals surface area (Å²) in [7, 11) is 0. The van der Waals surface area contributed by atoms with Crippen molar-refractivity contribution in [3.05, 3.63) is 69.7 Å². The van der Waals surface area contributed by atoms with Gasteiger partial charge in [-0.1, -0.05) is 41.9 Å². The molecule has 2 atom stereocenters. The summed E-state index contributed by atoms with van der Waals surface area (Å²) < 4.78 is 0. The van der Waals surface area contributed by atoms with Gasteiger partial charge in [0.1, 0.15) is 6.29 Å². The highest BCUT2D eigenvalue weighted by atomic mass is 35.5. The number of hydrogen-bond acceptors (Lipinski definition) is 1. The predicted molar refractivity (Wildman–Crippen MR) is 75.8 cm³/mol. The second kappa shape index (κ2) is 3.71. The van der Waals surface area contributed by atoms with Gasteiger partial charge in [-0.3, -0.25) is 0 Å². The molecule has 2 unspecified atom stereocenters. The molecule has 19 heavy (non-hydrogen) atoms. The fourth-order valence-electron chi connectivity index (χ4n) is 3.88. The Labute approximate surface area is 117 Å². The van der Waals surface area contributed by atoms with Crippen molar-refractivity contribution in [3.63, 3.8) is 0 Å². The van der Waals surface area contributed by atoms with Crippen LogP contribution in [0.5, 0.6) is 0 Å². The maximum Gasteiger partial charge on any atom is 0.134 e. The summed E-state index contributed by atoms with van der Waals surface area (Å²) in [5.41, 5.74) is 4.41. The van der Waals surface area contributed by atoms with Crippen molar-refractivity contribution in [2.45, 2.75) is 24.2 Å². The Morgan fingerprint density at radius 2 is 1.89 bits per heavy atom. The second-order valence-electron chi connectivity index (χ2n) is 5.50. The van der Waals surface area contributed by atoms with Gasteiger partial charge in [0.05, 0.1) is 5.41 Å². The molecular formula is C17H13ClO. The number of rotatable bonds is 1. The van der Waals surface area contributed by atoms with E-state index in [-0.39, 0.29) is 0 Å². The molecule has 0 amide bonds. The highest BCUT2D eigenvalue weighted by Crippen LogP contribution is 2.55. The lowest BCUT2D eigenvalue weighted by Crippen LogP contribution is -2.41. The zero-order valence-electron chi connectivity index (χ0n) is 10.4. The van der Waals surface area contributed by atoms with Crippen molar-refractivity contribution in [1.82, 2.24) is 0 Å². The molecule has 3 aliphatic rings. The monoisotopic (exact) mass is 268 g/mol. The van der Waals surface area contributed by atoms with Crippen molar-refractivity contribution < 1.29 is 4.79 Å². The van der Waals surface area contributed by atoms with Gasteiger partial charge < -0.3 is 4.79 Å². The lowest BCUT2D eigenvalue weighted by molar-refractivity contribution is -0.112. The predicted octanol–water partition coefficient (Wildman–Crippen LogP) is 4.06. The van der Waals surface area contributed by atoms with E-state index >= 15 is 0 Å². The van der Waals surface area contributed by atoms with E-state index in [1.165, 1.54) is 16.7 Å². The molecule has 94 valence electrons. The van der Waals surface area contributed by atoms with Crippen LogP contribution in [0.25, 0.3) is 0 Å². The Kier molecular flexibility index (Phi) is 2.19. The fourth-order valence-corrected chi connectivity index (χ4v) is 4.05. The topological polar surface area (TPSA) is 17.1 Å². The Hall–Kier alpha value is -1.60. The first-order chi connectivity index (χ1) is 9.26. The van der Waals surface area contributed by atoms with Crippen molar-refractivity contribution in [2.75, 3.05) is 0 Å². The fraction of sp³-hybridized carbons (Fsp3) is 0.235. The maximum absolute atomic E-state index is 11.9. The Morgan fingerprint density at radius 1 is 1.11 bits per heavy atom. The molecule has 0 saturated heterocycles. The minimum atomic E-state index is -0.481. The van der Waals surface area contributed by atoms with Crippen LogP contribution in [0, 0.1) is 0 Å². The molecule has 2 bridgehead atoms. The van der Waals surface area contributed by atoms with Gasteiger partial charge in [-0.25, -0.2) is 0 Å². The summed E-state index contributed by atoms with van der Waals surface area (Å²) in [5.74, 6) is 0.422. The average Bonchev–Trinajstić information content (AvgIpc) is 2.47. The van der Waals surface area contributed by atoms with Crippen molar-refractivity contribution in [3.8, 4) is 0 Å². The van der Waals surface area contributed by atoms with Gasteiger partial charge in [-0.2, -0.15) is 0 Å². The first-order valence-electron chi connectivity index (χ1n) is 6.62. The van der Waals surface area contributed by atoms with Crippen LogP contribution < -0.4 is 0 Å². The molecule has 2 aromatic carbocycles. The van der Waals surface area contributed by atoms with E-state index < -0.39 is 5.41 Å². The SMILES string of the molecule is O=CC12CCC(c3ccccc31)c1ccc(Cl)cc12. The van der Waals surface area contributed by atoms with Crippen LogP contribution in [0.3, 0.4) is 0 Å². The number of benzene rings is 2. The Bertz CT molecular complexity index is 691. The maximum atomic E-state index is 11.9. The van der Waals surface area contributed by atoms with Gasteiger partial charge in [0.15, 0.2) is 0 Å². The van der Waals surface area contributed by atoms with Crippen LogP contribution in [-0.2, 0) is 10.2 Å². The minimum Gasteiger partial charge on any atom is -0.302 e. The zero-order chi connectivity index (χ0) is 13.0. The largest absolute Gasteiger partial charge is 0.302 e. The molecule has 0 fully saturated rings. The summed E-state index contributed by atoms with van der Waals surface area (Å²) in [5, 5.41) is 0.713. The van der Waals surface area contributed by atoms with Crippen LogP contribution in [0.2, 0.25) is 5.02 Å². The third-order valence-electron chi connectivity index (χ3n) is 4.72. The average molecular weight is 269 g/mol. The molecule has 0 saturated carbocycles. The molecule has 0 aromatic heterocycles. The summed E-state index contributed by atoms with van der Waals surface area (Å²) >= 11 is 6.14. The molecule has 1 nitrogen and oxygen atoms in total. The lowest BCUT2D eigenvalue weighted by Gasteiger charge is -2.46. The second-order valence-corrected chi connectivity index (χ2v) is 5.94. The molecule has 0 radical (unpaired) electrons. The quantitative estimate of drug-likeness (QED) is 0.713. The zero-order valence-corrected chi connectivity index (χ0v) is 11.2. The third kappa shape index (κ3) is 1.29. The standard InChI is InChI=1S/C17H13ClO/c18-11-5-6-14-12-7-8-17(10-19,16(14)9-11)15-4-2-1-3-13(12)15/h1-6,9-10,12H,7-8H2. The van der Waals surface area contributed by atoms with Crippen LogP contribution in [0.1, 0.15) is 41.0 Å². The molecular weight excluding hydrogens is 256 g/mol. The first-order valence-corrected chi connectivity index (χ1v) is 7.00. The van der Waals surface area contributed by atoms with Crippen LogP contribution in [-0.4, -0.2) is 6.29 Å². The highest BCUT2D eigenvalue weighted by molar-refractivity contribution is 6.30. The van der Waals surface area contributed by atoms with Crippen LogP contribution in [0.4, 0.5) is 0 Å². The van der Waals surface area contributed by atoms with E-state index in [1.807, 2.05) is 18.2 Å². The molecule has 0 spiro atoms. The van der Waals surface area contributed by atoms with Gasteiger partial charge in [0.25, 0.3) is 0 Å². The Balaban J connectivity index is 2.11.